The summed E-state index contributed by atoms with van der Waals surface area (Å²) in [4.78, 5) is 0. The summed E-state index contributed by atoms with van der Waals surface area (Å²) >= 11 is 0. The van der Waals surface area contributed by atoms with Crippen LogP contribution in [0.15, 0.2) is 0 Å². The minimum absolute atomic E-state index is 0. The molecule has 0 bridgehead atoms. The van der Waals surface area contributed by atoms with Crippen molar-refractivity contribution in [3.8, 4) is 0 Å². The fourth-order valence-electron chi connectivity index (χ4n) is 1.35. The van der Waals surface area contributed by atoms with E-state index in [0.717, 1.165) is 13.1 Å². The lowest BCUT2D eigenvalue weighted by Crippen LogP contribution is -1.98. The quantitative estimate of drug-likeness (QED) is 0.432. The molecule has 0 atom stereocenters. The van der Waals surface area contributed by atoms with Crippen molar-refractivity contribution in [3.05, 3.63) is 0 Å². The average Bonchev–Trinajstić information content (AvgIpc) is 2.10. The average molecular weight is 206 g/mol. The van der Waals surface area contributed by atoms with E-state index in [1.807, 2.05) is 0 Å². The molecule has 0 saturated heterocycles. The highest BCUT2D eigenvalue weighted by atomic mass is 14.5. The predicted molar refractivity (Wildman–Crippen MR) is 65.1 cm³/mol. The standard InChI is InChI=1S/C10H24N2.2H3N/c11-9-7-5-3-1-2-4-6-8-10-12;;/h1-12H2;2*1H3. The Morgan fingerprint density at radius 1 is 0.429 bits per heavy atom. The summed E-state index contributed by atoms with van der Waals surface area (Å²) in [7, 11) is 0. The van der Waals surface area contributed by atoms with Crippen LogP contribution in [0.5, 0.6) is 0 Å². The topological polar surface area (TPSA) is 122 Å². The van der Waals surface area contributed by atoms with E-state index < -0.39 is 0 Å². The van der Waals surface area contributed by atoms with Crippen LogP contribution in [0.2, 0.25) is 0 Å². The smallest absolute Gasteiger partial charge is 0.00773 e. The minimum Gasteiger partial charge on any atom is -0.344 e. The Morgan fingerprint density at radius 2 is 0.643 bits per heavy atom. The molecular weight excluding hydrogens is 176 g/mol. The molecule has 0 aliphatic carbocycles. The maximum Gasteiger partial charge on any atom is -0.00773 e. The van der Waals surface area contributed by atoms with Gasteiger partial charge in [-0.25, -0.2) is 0 Å². The van der Waals surface area contributed by atoms with Crippen molar-refractivity contribution in [2.75, 3.05) is 13.1 Å². The lowest BCUT2D eigenvalue weighted by molar-refractivity contribution is 0.572. The molecule has 0 saturated carbocycles. The van der Waals surface area contributed by atoms with Crippen LogP contribution in [-0.4, -0.2) is 13.1 Å². The Labute approximate surface area is 89.0 Å². The molecule has 0 aromatic rings. The van der Waals surface area contributed by atoms with Crippen LogP contribution >= 0.6 is 0 Å². The molecule has 0 aliphatic rings. The Bertz CT molecular complexity index is 68.5. The highest BCUT2D eigenvalue weighted by molar-refractivity contribution is 4.47. The van der Waals surface area contributed by atoms with E-state index in [9.17, 15) is 0 Å². The molecule has 0 fully saturated rings. The summed E-state index contributed by atoms with van der Waals surface area (Å²) in [6.07, 6.45) is 10.5. The van der Waals surface area contributed by atoms with Gasteiger partial charge in [-0.15, -0.1) is 0 Å². The van der Waals surface area contributed by atoms with Gasteiger partial charge in [0.1, 0.15) is 0 Å². The van der Waals surface area contributed by atoms with Crippen molar-refractivity contribution >= 4 is 0 Å². The van der Waals surface area contributed by atoms with Gasteiger partial charge in [0.15, 0.2) is 0 Å². The summed E-state index contributed by atoms with van der Waals surface area (Å²) in [5.41, 5.74) is 10.8. The molecule has 4 nitrogen and oxygen atoms in total. The van der Waals surface area contributed by atoms with E-state index in [2.05, 4.69) is 0 Å². The third kappa shape index (κ3) is 17.8. The molecule has 0 aromatic heterocycles. The van der Waals surface area contributed by atoms with Gasteiger partial charge in [0.25, 0.3) is 0 Å². The van der Waals surface area contributed by atoms with Crippen molar-refractivity contribution in [1.29, 1.82) is 0 Å². The molecule has 0 aromatic carbocycles. The second-order valence-electron chi connectivity index (χ2n) is 3.41. The molecule has 0 heterocycles. The van der Waals surface area contributed by atoms with Crippen LogP contribution in [0.4, 0.5) is 0 Å². The second kappa shape index (κ2) is 18.6. The van der Waals surface area contributed by atoms with Gasteiger partial charge in [0.2, 0.25) is 0 Å². The van der Waals surface area contributed by atoms with Crippen LogP contribution in [0.1, 0.15) is 51.4 Å². The molecule has 0 radical (unpaired) electrons. The first-order valence-electron chi connectivity index (χ1n) is 5.32. The first-order chi connectivity index (χ1) is 5.91. The summed E-state index contributed by atoms with van der Waals surface area (Å²) in [5, 5.41) is 0. The summed E-state index contributed by atoms with van der Waals surface area (Å²) in [6, 6.07) is 0. The molecule has 0 unspecified atom stereocenters. The molecule has 0 rings (SSSR count). The van der Waals surface area contributed by atoms with Crippen LogP contribution in [0, 0.1) is 0 Å². The molecule has 4 heteroatoms. The third-order valence-corrected chi connectivity index (χ3v) is 2.16. The zero-order valence-corrected chi connectivity index (χ0v) is 9.64. The maximum atomic E-state index is 5.40. The second-order valence-corrected chi connectivity index (χ2v) is 3.41. The van der Waals surface area contributed by atoms with Crippen molar-refractivity contribution in [1.82, 2.24) is 12.3 Å². The van der Waals surface area contributed by atoms with Crippen LogP contribution < -0.4 is 23.8 Å². The van der Waals surface area contributed by atoms with Gasteiger partial charge >= 0.3 is 0 Å². The van der Waals surface area contributed by atoms with Crippen molar-refractivity contribution in [2.45, 2.75) is 51.4 Å². The lowest BCUT2D eigenvalue weighted by atomic mass is 10.1. The Balaban J connectivity index is -0.000000605. The monoisotopic (exact) mass is 206 g/mol. The van der Waals surface area contributed by atoms with Crippen LogP contribution in [0.3, 0.4) is 0 Å². The van der Waals surface area contributed by atoms with Gasteiger partial charge in [-0.3, -0.25) is 0 Å². The largest absolute Gasteiger partial charge is 0.344 e. The number of rotatable bonds is 9. The van der Waals surface area contributed by atoms with E-state index >= 15 is 0 Å². The number of nitrogens with two attached hydrogens (primary N) is 2. The number of hydrogen-bond acceptors (Lipinski definition) is 4. The molecule has 0 amide bonds. The number of unbranched alkanes of at least 4 members (excludes halogenated alkanes) is 7. The van der Waals surface area contributed by atoms with E-state index in [4.69, 9.17) is 11.5 Å². The first kappa shape index (κ1) is 19.4. The van der Waals surface area contributed by atoms with Gasteiger partial charge in [0.05, 0.1) is 0 Å². The fourth-order valence-corrected chi connectivity index (χ4v) is 1.35. The Hall–Kier alpha value is -0.160. The zero-order valence-electron chi connectivity index (χ0n) is 9.64. The Morgan fingerprint density at radius 3 is 0.857 bits per heavy atom. The van der Waals surface area contributed by atoms with Gasteiger partial charge < -0.3 is 23.8 Å². The SMILES string of the molecule is N.N.NCCCCCCCCCCN. The predicted octanol–water partition coefficient (Wildman–Crippen LogP) is 2.35. The summed E-state index contributed by atoms with van der Waals surface area (Å²) in [6.45, 7) is 1.71. The van der Waals surface area contributed by atoms with Gasteiger partial charge in [-0.2, -0.15) is 0 Å². The van der Waals surface area contributed by atoms with Crippen LogP contribution in [0.25, 0.3) is 0 Å². The van der Waals surface area contributed by atoms with Crippen molar-refractivity contribution in [3.63, 3.8) is 0 Å². The Kier molecular flexibility index (Phi) is 25.8. The highest BCUT2D eigenvalue weighted by Gasteiger charge is 1.90. The zero-order chi connectivity index (χ0) is 9.07. The first-order valence-corrected chi connectivity index (χ1v) is 5.32. The highest BCUT2D eigenvalue weighted by Crippen LogP contribution is 2.07. The normalized spacial score (nSPS) is 9.00. The molecular formula is C10H30N4. The van der Waals surface area contributed by atoms with E-state index in [1.165, 1.54) is 51.4 Å². The van der Waals surface area contributed by atoms with Gasteiger partial charge in [-0.05, 0) is 25.9 Å². The van der Waals surface area contributed by atoms with Crippen molar-refractivity contribution < 1.29 is 0 Å². The lowest BCUT2D eigenvalue weighted by Gasteiger charge is -2.00. The fraction of sp³-hybridized carbons (Fsp3) is 1.00. The molecule has 10 N–H and O–H groups in total. The molecule has 0 spiro atoms. The van der Waals surface area contributed by atoms with Gasteiger partial charge in [0, 0.05) is 0 Å². The van der Waals surface area contributed by atoms with E-state index in [0.29, 0.717) is 0 Å². The minimum atomic E-state index is 0. The number of hydrogen-bond donors (Lipinski definition) is 4. The van der Waals surface area contributed by atoms with Crippen molar-refractivity contribution in [2.24, 2.45) is 11.5 Å². The van der Waals surface area contributed by atoms with Crippen LogP contribution in [-0.2, 0) is 0 Å². The third-order valence-electron chi connectivity index (χ3n) is 2.16. The van der Waals surface area contributed by atoms with E-state index in [-0.39, 0.29) is 12.3 Å². The summed E-state index contributed by atoms with van der Waals surface area (Å²) < 4.78 is 0. The summed E-state index contributed by atoms with van der Waals surface area (Å²) in [5.74, 6) is 0. The molecule has 14 heavy (non-hydrogen) atoms. The maximum absolute atomic E-state index is 5.40. The molecule has 90 valence electrons. The van der Waals surface area contributed by atoms with Gasteiger partial charge in [-0.1, -0.05) is 38.5 Å². The molecule has 0 aliphatic heterocycles. The van der Waals surface area contributed by atoms with E-state index in [1.54, 1.807) is 0 Å².